The van der Waals surface area contributed by atoms with Gasteiger partial charge in [0.25, 0.3) is 0 Å². The van der Waals surface area contributed by atoms with Crippen LogP contribution < -0.4 is 0 Å². The Labute approximate surface area is 112 Å². The van der Waals surface area contributed by atoms with Crippen LogP contribution in [0, 0.1) is 6.92 Å². The summed E-state index contributed by atoms with van der Waals surface area (Å²) in [4.78, 5) is 4.95. The van der Waals surface area contributed by atoms with E-state index in [0.29, 0.717) is 10.9 Å². The van der Waals surface area contributed by atoms with Crippen LogP contribution in [0.2, 0.25) is 0 Å². The second-order valence-corrected chi connectivity index (χ2v) is 6.14. The monoisotopic (exact) mass is 297 g/mol. The fourth-order valence-electron chi connectivity index (χ4n) is 2.19. The second kappa shape index (κ2) is 6.50. The molecule has 0 radical (unpaired) electrons. The van der Waals surface area contributed by atoms with Crippen molar-refractivity contribution in [2.75, 3.05) is 6.61 Å². The maximum Gasteiger partial charge on any atom is 0.0576 e. The smallest absolute Gasteiger partial charge is 0.0576 e. The van der Waals surface area contributed by atoms with Crippen LogP contribution >= 0.6 is 15.9 Å². The molecule has 1 aromatic heterocycles. The van der Waals surface area contributed by atoms with Crippen molar-refractivity contribution in [1.82, 2.24) is 4.98 Å². The summed E-state index contributed by atoms with van der Waals surface area (Å²) in [7, 11) is 0. The fraction of sp³-hybridized carbons (Fsp3) is 0.643. The number of aromatic nitrogens is 1. The molecule has 2 heterocycles. The molecule has 1 aliphatic rings. The van der Waals surface area contributed by atoms with Gasteiger partial charge in [0.05, 0.1) is 6.10 Å². The number of hydrogen-bond donors (Lipinski definition) is 0. The average molecular weight is 298 g/mol. The molecule has 2 unspecified atom stereocenters. The van der Waals surface area contributed by atoms with E-state index in [4.69, 9.17) is 4.74 Å². The summed E-state index contributed by atoms with van der Waals surface area (Å²) in [6.07, 6.45) is 8.25. The standard InChI is InChI=1S/C14H20BrNO/c1-11-4-6-13(16-10-11)9-12(15)5-7-14-3-2-8-17-14/h4,6,10,12,14H,2-3,5,7-9H2,1H3. The predicted octanol–water partition coefficient (Wildman–Crippen LogP) is 3.66. The Morgan fingerprint density at radius 2 is 2.41 bits per heavy atom. The first kappa shape index (κ1) is 13.0. The molecule has 2 rings (SSSR count). The Balaban J connectivity index is 1.72. The number of pyridine rings is 1. The molecule has 1 fully saturated rings. The van der Waals surface area contributed by atoms with E-state index in [-0.39, 0.29) is 0 Å². The van der Waals surface area contributed by atoms with Crippen LogP contribution in [0.5, 0.6) is 0 Å². The topological polar surface area (TPSA) is 22.1 Å². The van der Waals surface area contributed by atoms with Gasteiger partial charge in [-0.3, -0.25) is 4.98 Å². The predicted molar refractivity (Wildman–Crippen MR) is 73.6 cm³/mol. The lowest BCUT2D eigenvalue weighted by Gasteiger charge is -2.13. The molecule has 2 atom stereocenters. The van der Waals surface area contributed by atoms with Crippen molar-refractivity contribution < 1.29 is 4.74 Å². The van der Waals surface area contributed by atoms with Gasteiger partial charge < -0.3 is 4.74 Å². The van der Waals surface area contributed by atoms with Gasteiger partial charge in [-0.1, -0.05) is 22.0 Å². The maximum absolute atomic E-state index is 5.63. The first-order valence-corrected chi connectivity index (χ1v) is 7.33. The molecule has 94 valence electrons. The van der Waals surface area contributed by atoms with Gasteiger partial charge in [-0.05, 0) is 44.2 Å². The highest BCUT2D eigenvalue weighted by Crippen LogP contribution is 2.21. The number of ether oxygens (including phenoxy) is 1. The summed E-state index contributed by atoms with van der Waals surface area (Å²) in [6.45, 7) is 3.02. The molecule has 1 aromatic rings. The third kappa shape index (κ3) is 4.40. The SMILES string of the molecule is Cc1ccc(CC(Br)CCC2CCCO2)nc1. The van der Waals surface area contributed by atoms with Crippen molar-refractivity contribution in [3.63, 3.8) is 0 Å². The van der Waals surface area contributed by atoms with Gasteiger partial charge in [0, 0.05) is 29.7 Å². The second-order valence-electron chi connectivity index (χ2n) is 4.84. The van der Waals surface area contributed by atoms with E-state index in [0.717, 1.165) is 13.0 Å². The van der Waals surface area contributed by atoms with Crippen molar-refractivity contribution in [3.8, 4) is 0 Å². The van der Waals surface area contributed by atoms with E-state index in [1.54, 1.807) is 0 Å². The van der Waals surface area contributed by atoms with E-state index in [9.17, 15) is 0 Å². The van der Waals surface area contributed by atoms with E-state index in [1.807, 2.05) is 6.20 Å². The molecule has 0 saturated carbocycles. The number of hydrogen-bond acceptors (Lipinski definition) is 2. The van der Waals surface area contributed by atoms with Crippen molar-refractivity contribution in [3.05, 3.63) is 29.6 Å². The molecule has 1 aliphatic heterocycles. The van der Waals surface area contributed by atoms with Crippen LogP contribution in [0.25, 0.3) is 0 Å². The molecule has 17 heavy (non-hydrogen) atoms. The molecular formula is C14H20BrNO. The lowest BCUT2D eigenvalue weighted by Crippen LogP contribution is -2.11. The molecule has 1 saturated heterocycles. The average Bonchev–Trinajstić information content (AvgIpc) is 2.83. The molecule has 0 N–H and O–H groups in total. The first-order chi connectivity index (χ1) is 8.24. The van der Waals surface area contributed by atoms with E-state index < -0.39 is 0 Å². The summed E-state index contributed by atoms with van der Waals surface area (Å²) in [5.41, 5.74) is 2.39. The van der Waals surface area contributed by atoms with Gasteiger partial charge in [-0.25, -0.2) is 0 Å². The van der Waals surface area contributed by atoms with E-state index >= 15 is 0 Å². The Bertz CT molecular complexity index is 333. The largest absolute Gasteiger partial charge is 0.378 e. The lowest BCUT2D eigenvalue weighted by atomic mass is 10.1. The van der Waals surface area contributed by atoms with Gasteiger partial charge in [-0.2, -0.15) is 0 Å². The van der Waals surface area contributed by atoms with Gasteiger partial charge >= 0.3 is 0 Å². The summed E-state index contributed by atoms with van der Waals surface area (Å²) >= 11 is 3.74. The Hall–Kier alpha value is -0.410. The van der Waals surface area contributed by atoms with Gasteiger partial charge in [-0.15, -0.1) is 0 Å². The zero-order valence-corrected chi connectivity index (χ0v) is 11.9. The minimum atomic E-state index is 0.501. The highest BCUT2D eigenvalue weighted by Gasteiger charge is 2.17. The molecule has 0 spiro atoms. The molecule has 0 bridgehead atoms. The van der Waals surface area contributed by atoms with Crippen molar-refractivity contribution in [2.45, 2.75) is 50.0 Å². The fourth-order valence-corrected chi connectivity index (χ4v) is 2.78. The van der Waals surface area contributed by atoms with Crippen LogP contribution in [-0.2, 0) is 11.2 Å². The summed E-state index contributed by atoms with van der Waals surface area (Å²) in [5.74, 6) is 0. The van der Waals surface area contributed by atoms with Crippen LogP contribution in [-0.4, -0.2) is 22.5 Å². The molecule has 2 nitrogen and oxygen atoms in total. The van der Waals surface area contributed by atoms with Crippen LogP contribution in [0.15, 0.2) is 18.3 Å². The number of alkyl halides is 1. The number of rotatable bonds is 5. The van der Waals surface area contributed by atoms with Gasteiger partial charge in [0.2, 0.25) is 0 Å². The van der Waals surface area contributed by atoms with Crippen LogP contribution in [0.3, 0.4) is 0 Å². The van der Waals surface area contributed by atoms with Crippen molar-refractivity contribution in [1.29, 1.82) is 0 Å². The highest BCUT2D eigenvalue weighted by molar-refractivity contribution is 9.09. The van der Waals surface area contributed by atoms with Crippen molar-refractivity contribution >= 4 is 15.9 Å². The summed E-state index contributed by atoms with van der Waals surface area (Å²) < 4.78 is 5.63. The maximum atomic E-state index is 5.63. The van der Waals surface area contributed by atoms with E-state index in [2.05, 4.69) is 40.0 Å². The third-order valence-electron chi connectivity index (χ3n) is 3.23. The zero-order valence-electron chi connectivity index (χ0n) is 10.4. The minimum Gasteiger partial charge on any atom is -0.378 e. The number of nitrogens with zero attached hydrogens (tertiary/aromatic N) is 1. The molecule has 0 amide bonds. The Morgan fingerprint density at radius 1 is 1.53 bits per heavy atom. The summed E-state index contributed by atoms with van der Waals surface area (Å²) in [6, 6.07) is 4.25. The van der Waals surface area contributed by atoms with Gasteiger partial charge in [0.1, 0.15) is 0 Å². The third-order valence-corrected chi connectivity index (χ3v) is 4.01. The molecule has 0 aliphatic carbocycles. The Kier molecular flexibility index (Phi) is 4.99. The van der Waals surface area contributed by atoms with Gasteiger partial charge in [0.15, 0.2) is 0 Å². The Morgan fingerprint density at radius 3 is 3.06 bits per heavy atom. The zero-order chi connectivity index (χ0) is 12.1. The number of aryl methyl sites for hydroxylation is 1. The normalized spacial score (nSPS) is 21.6. The molecular weight excluding hydrogens is 278 g/mol. The lowest BCUT2D eigenvalue weighted by molar-refractivity contribution is 0.102. The van der Waals surface area contributed by atoms with Crippen LogP contribution in [0.1, 0.15) is 36.9 Å². The van der Waals surface area contributed by atoms with Crippen molar-refractivity contribution in [2.24, 2.45) is 0 Å². The quantitative estimate of drug-likeness (QED) is 0.774. The molecule has 3 heteroatoms. The van der Waals surface area contributed by atoms with Crippen LogP contribution in [0.4, 0.5) is 0 Å². The molecule has 0 aromatic carbocycles. The minimum absolute atomic E-state index is 0.501. The highest BCUT2D eigenvalue weighted by atomic mass is 79.9. The van der Waals surface area contributed by atoms with E-state index in [1.165, 1.54) is 36.9 Å². The first-order valence-electron chi connectivity index (χ1n) is 6.41. The number of halogens is 1. The summed E-state index contributed by atoms with van der Waals surface area (Å²) in [5, 5.41) is 0.